The molecule has 0 bridgehead atoms. The number of ether oxygens (including phenoxy) is 1. The Kier molecular flexibility index (Phi) is 10.1. The van der Waals surface area contributed by atoms with Gasteiger partial charge in [0, 0.05) is 13.0 Å². The molecule has 2 unspecified atom stereocenters. The third-order valence-electron chi connectivity index (χ3n) is 5.85. The highest BCUT2D eigenvalue weighted by Gasteiger charge is 2.25. The van der Waals surface area contributed by atoms with Crippen molar-refractivity contribution in [3.05, 3.63) is 42.0 Å². The number of aliphatic carboxylic acids is 1. The molecule has 1 aromatic carbocycles. The smallest absolute Gasteiger partial charge is 0.303 e. The van der Waals surface area contributed by atoms with Crippen LogP contribution in [0.1, 0.15) is 63.4 Å². The number of carbonyl (C=O) groups is 1. The van der Waals surface area contributed by atoms with Gasteiger partial charge in [0.05, 0.1) is 6.61 Å². The fraction of sp³-hybridized carbons (Fsp3) is 0.625. The lowest BCUT2D eigenvalue weighted by Gasteiger charge is -2.20. The Morgan fingerprint density at radius 3 is 2.93 bits per heavy atom. The molecule has 156 valence electrons. The van der Waals surface area contributed by atoms with Crippen molar-refractivity contribution in [2.75, 3.05) is 13.2 Å². The zero-order valence-electron chi connectivity index (χ0n) is 17.2. The molecule has 1 saturated carbocycles. The molecule has 1 aliphatic rings. The second kappa shape index (κ2) is 12.6. The van der Waals surface area contributed by atoms with Crippen molar-refractivity contribution < 1.29 is 19.7 Å². The molecular formula is C24H36O4. The van der Waals surface area contributed by atoms with E-state index in [4.69, 9.17) is 9.84 Å². The molecule has 4 nitrogen and oxygen atoms in total. The number of rotatable bonds is 13. The molecule has 0 spiro atoms. The zero-order chi connectivity index (χ0) is 20.2. The molecule has 0 radical (unpaired) electrons. The van der Waals surface area contributed by atoms with Gasteiger partial charge in [-0.3, -0.25) is 4.79 Å². The van der Waals surface area contributed by atoms with E-state index in [1.165, 1.54) is 24.8 Å². The van der Waals surface area contributed by atoms with Crippen LogP contribution in [-0.4, -0.2) is 29.4 Å². The zero-order valence-corrected chi connectivity index (χ0v) is 17.2. The van der Waals surface area contributed by atoms with E-state index in [0.717, 1.165) is 31.4 Å². The van der Waals surface area contributed by atoms with Crippen LogP contribution in [0.25, 0.3) is 0 Å². The maximum absolute atomic E-state index is 10.6. The topological polar surface area (TPSA) is 66.8 Å². The minimum Gasteiger partial charge on any atom is -0.493 e. The van der Waals surface area contributed by atoms with Crippen LogP contribution in [0.15, 0.2) is 36.4 Å². The summed E-state index contributed by atoms with van der Waals surface area (Å²) < 4.78 is 5.81. The van der Waals surface area contributed by atoms with Crippen LogP contribution in [0.2, 0.25) is 0 Å². The van der Waals surface area contributed by atoms with Gasteiger partial charge in [-0.25, -0.2) is 0 Å². The van der Waals surface area contributed by atoms with Crippen molar-refractivity contribution in [2.24, 2.45) is 17.8 Å². The van der Waals surface area contributed by atoms with E-state index in [1.54, 1.807) is 0 Å². The van der Waals surface area contributed by atoms with Crippen molar-refractivity contribution in [1.82, 2.24) is 0 Å². The van der Waals surface area contributed by atoms with Gasteiger partial charge in [0.15, 0.2) is 0 Å². The lowest BCUT2D eigenvalue weighted by molar-refractivity contribution is -0.137. The second-order valence-electron chi connectivity index (χ2n) is 8.15. The van der Waals surface area contributed by atoms with Crippen LogP contribution in [0.3, 0.4) is 0 Å². The number of aliphatic hydroxyl groups excluding tert-OH is 1. The summed E-state index contributed by atoms with van der Waals surface area (Å²) in [4.78, 5) is 10.6. The predicted octanol–water partition coefficient (Wildman–Crippen LogP) is 5.38. The quantitative estimate of drug-likeness (QED) is 0.352. The molecule has 28 heavy (non-hydrogen) atoms. The fourth-order valence-corrected chi connectivity index (χ4v) is 4.22. The molecule has 3 atom stereocenters. The molecule has 0 heterocycles. The summed E-state index contributed by atoms with van der Waals surface area (Å²) in [6.45, 7) is 2.94. The highest BCUT2D eigenvalue weighted by atomic mass is 16.5. The fourth-order valence-electron chi connectivity index (χ4n) is 4.22. The van der Waals surface area contributed by atoms with Crippen LogP contribution in [0.4, 0.5) is 0 Å². The van der Waals surface area contributed by atoms with Gasteiger partial charge in [-0.15, -0.1) is 0 Å². The summed E-state index contributed by atoms with van der Waals surface area (Å²) >= 11 is 0. The predicted molar refractivity (Wildman–Crippen MR) is 113 cm³/mol. The summed E-state index contributed by atoms with van der Waals surface area (Å²) in [5, 5.41) is 18.3. The van der Waals surface area contributed by atoms with Crippen molar-refractivity contribution in [1.29, 1.82) is 0 Å². The maximum atomic E-state index is 10.6. The first-order valence-electron chi connectivity index (χ1n) is 10.8. The van der Waals surface area contributed by atoms with Gasteiger partial charge < -0.3 is 14.9 Å². The van der Waals surface area contributed by atoms with Crippen LogP contribution in [0, 0.1) is 24.7 Å². The number of hydrogen-bond acceptors (Lipinski definition) is 3. The first-order chi connectivity index (χ1) is 13.6. The number of aryl methyl sites for hydroxylation is 1. The molecule has 0 saturated heterocycles. The Morgan fingerprint density at radius 1 is 1.32 bits per heavy atom. The van der Waals surface area contributed by atoms with Crippen molar-refractivity contribution in [3.63, 3.8) is 0 Å². The second-order valence-corrected chi connectivity index (χ2v) is 8.15. The van der Waals surface area contributed by atoms with E-state index in [0.29, 0.717) is 24.9 Å². The lowest BCUT2D eigenvalue weighted by Crippen LogP contribution is -2.12. The number of benzene rings is 1. The Bertz CT molecular complexity index is 610. The first-order valence-corrected chi connectivity index (χ1v) is 10.8. The normalized spacial score (nSPS) is 20.5. The van der Waals surface area contributed by atoms with Gasteiger partial charge in [-0.1, -0.05) is 30.7 Å². The van der Waals surface area contributed by atoms with Gasteiger partial charge in [0.25, 0.3) is 0 Å². The Balaban J connectivity index is 1.66. The van der Waals surface area contributed by atoms with Crippen LogP contribution >= 0.6 is 0 Å². The van der Waals surface area contributed by atoms with Gasteiger partial charge in [-0.2, -0.15) is 0 Å². The van der Waals surface area contributed by atoms with Crippen molar-refractivity contribution in [2.45, 2.75) is 64.7 Å². The molecule has 2 rings (SSSR count). The summed E-state index contributed by atoms with van der Waals surface area (Å²) in [7, 11) is 0. The van der Waals surface area contributed by atoms with E-state index < -0.39 is 5.97 Å². The molecule has 4 heteroatoms. The average molecular weight is 389 g/mol. The molecule has 0 aliphatic heterocycles. The number of aliphatic hydroxyl groups is 1. The van der Waals surface area contributed by atoms with E-state index in [9.17, 15) is 9.90 Å². The number of hydrogen-bond donors (Lipinski definition) is 2. The van der Waals surface area contributed by atoms with Gasteiger partial charge in [0.1, 0.15) is 5.75 Å². The van der Waals surface area contributed by atoms with Gasteiger partial charge >= 0.3 is 5.97 Å². The summed E-state index contributed by atoms with van der Waals surface area (Å²) in [6.07, 6.45) is 13.2. The number of carboxylic acid groups (broad SMARTS) is 1. The molecule has 1 aromatic rings. The van der Waals surface area contributed by atoms with Gasteiger partial charge in [0.2, 0.25) is 0 Å². The third kappa shape index (κ3) is 8.47. The highest BCUT2D eigenvalue weighted by Crippen LogP contribution is 2.37. The van der Waals surface area contributed by atoms with Crippen molar-refractivity contribution in [3.8, 4) is 5.75 Å². The molecule has 1 fully saturated rings. The maximum Gasteiger partial charge on any atom is 0.303 e. The molecule has 2 N–H and O–H groups in total. The third-order valence-corrected chi connectivity index (χ3v) is 5.85. The van der Waals surface area contributed by atoms with Crippen LogP contribution in [-0.2, 0) is 4.79 Å². The van der Waals surface area contributed by atoms with E-state index >= 15 is 0 Å². The van der Waals surface area contributed by atoms with Gasteiger partial charge in [-0.05, 0) is 87.3 Å². The van der Waals surface area contributed by atoms with E-state index in [1.807, 2.05) is 12.1 Å². The lowest BCUT2D eigenvalue weighted by atomic mass is 9.86. The summed E-state index contributed by atoms with van der Waals surface area (Å²) in [6, 6.07) is 8.15. The van der Waals surface area contributed by atoms with Crippen molar-refractivity contribution >= 4 is 5.97 Å². The molecular weight excluding hydrogens is 352 g/mol. The minimum atomic E-state index is -0.746. The summed E-state index contributed by atoms with van der Waals surface area (Å²) in [5.74, 6) is 1.77. The standard InChI is InChI=1S/C24H36O4/c1-19-7-4-12-23(17-19)28-16-3-2-9-21-10-6-11-22(21)15-14-20(18-25)8-5-13-24(26)27/h2,4,7,9,12,17,20-22,25H,3,5-6,8,10-11,13-16,18H2,1H3,(H,26,27)/b9-2+/t20?,21?,22-/m1/s1. The molecule has 1 aliphatic carbocycles. The Hall–Kier alpha value is -1.81. The summed E-state index contributed by atoms with van der Waals surface area (Å²) in [5.41, 5.74) is 1.21. The SMILES string of the molecule is Cc1cccc(OCC/C=C/C2CCC[C@@H]2CCC(CO)CCCC(=O)O)c1. The number of allylic oxidation sites excluding steroid dienone is 1. The number of carboxylic acids is 1. The minimum absolute atomic E-state index is 0.170. The van der Waals surface area contributed by atoms with Crippen LogP contribution < -0.4 is 4.74 Å². The Labute approximate surface area is 169 Å². The first kappa shape index (κ1) is 22.5. The highest BCUT2D eigenvalue weighted by molar-refractivity contribution is 5.66. The largest absolute Gasteiger partial charge is 0.493 e. The molecule has 0 amide bonds. The van der Waals surface area contributed by atoms with Crippen LogP contribution in [0.5, 0.6) is 5.75 Å². The monoisotopic (exact) mass is 388 g/mol. The average Bonchev–Trinajstić information content (AvgIpc) is 3.11. The van der Waals surface area contributed by atoms with E-state index in [2.05, 4.69) is 31.2 Å². The van der Waals surface area contributed by atoms with E-state index in [-0.39, 0.29) is 18.9 Å². The Morgan fingerprint density at radius 2 is 2.18 bits per heavy atom. The molecule has 0 aromatic heterocycles.